The number of rotatable bonds is 8. The summed E-state index contributed by atoms with van der Waals surface area (Å²) in [7, 11) is 1.47. The van der Waals surface area contributed by atoms with E-state index in [1.165, 1.54) is 19.2 Å². The van der Waals surface area contributed by atoms with Gasteiger partial charge in [-0.1, -0.05) is 42.5 Å². The number of aromatic nitrogens is 1. The normalized spacial score (nSPS) is 13.5. The Morgan fingerprint density at radius 2 is 1.81 bits per heavy atom. The number of hydrogen-bond acceptors (Lipinski definition) is 8. The average Bonchev–Trinajstić information content (AvgIpc) is 3.04. The molecule has 4 aromatic rings. The van der Waals surface area contributed by atoms with E-state index in [0.717, 1.165) is 5.56 Å². The van der Waals surface area contributed by atoms with Gasteiger partial charge in [-0.3, -0.25) is 0 Å². The summed E-state index contributed by atoms with van der Waals surface area (Å²) in [5.41, 5.74) is 2.14. The van der Waals surface area contributed by atoms with Crippen molar-refractivity contribution in [3.8, 4) is 45.7 Å². The summed E-state index contributed by atoms with van der Waals surface area (Å²) in [6.07, 6.45) is 0.828. The molecule has 0 unspecified atom stereocenters. The maximum absolute atomic E-state index is 15.1. The van der Waals surface area contributed by atoms with Crippen LogP contribution in [0, 0.1) is 17.1 Å². The summed E-state index contributed by atoms with van der Waals surface area (Å²) >= 11 is 3.79. The number of alkyl carbamates (subject to hydrolysis) is 1. The number of aromatic hydroxyl groups is 1. The first-order valence-corrected chi connectivity index (χ1v) is 16.0. The Hall–Kier alpha value is -4.82. The van der Waals surface area contributed by atoms with Crippen LogP contribution in [-0.4, -0.2) is 48.0 Å². The predicted octanol–water partition coefficient (Wildman–Crippen LogP) is 7.98. The molecule has 1 amide bonds. The first-order chi connectivity index (χ1) is 22.5. The first-order valence-electron chi connectivity index (χ1n) is 15.2. The third kappa shape index (κ3) is 7.95. The van der Waals surface area contributed by atoms with Gasteiger partial charge in [-0.15, -0.1) is 0 Å². The van der Waals surface area contributed by atoms with Crippen molar-refractivity contribution in [1.29, 1.82) is 5.26 Å². The lowest BCUT2D eigenvalue weighted by Gasteiger charge is -2.35. The number of anilines is 1. The minimum absolute atomic E-state index is 0.0812. The standard InChI is InChI=1S/C36H36BrFN4O5/c1-36(2,3)47-35(44)40-26-14-16-42(17-15-26)34-31(37)33(46-21-22-8-6-5-7-9-22)30(23-12-13-29(45-4)28(43)19-23)32(41-34)24-10-11-25(20-39)27(38)18-24/h5-13,18-19,26,43H,14-17,21H2,1-4H3,(H,40,44). The van der Waals surface area contributed by atoms with Gasteiger partial charge in [-0.2, -0.15) is 5.26 Å². The third-order valence-corrected chi connectivity index (χ3v) is 8.36. The van der Waals surface area contributed by atoms with Gasteiger partial charge in [-0.25, -0.2) is 14.2 Å². The molecule has 1 saturated heterocycles. The van der Waals surface area contributed by atoms with E-state index in [1.807, 2.05) is 57.2 Å². The number of amides is 1. The summed E-state index contributed by atoms with van der Waals surface area (Å²) in [4.78, 5) is 19.6. The van der Waals surface area contributed by atoms with E-state index in [-0.39, 0.29) is 29.7 Å². The van der Waals surface area contributed by atoms with Gasteiger partial charge in [0.05, 0.1) is 23.9 Å². The van der Waals surface area contributed by atoms with Crippen molar-refractivity contribution in [1.82, 2.24) is 10.3 Å². The van der Waals surface area contributed by atoms with E-state index in [0.29, 0.717) is 64.4 Å². The number of methoxy groups -OCH3 is 1. The number of pyridine rings is 1. The van der Waals surface area contributed by atoms with Crippen LogP contribution >= 0.6 is 15.9 Å². The molecule has 1 aromatic heterocycles. The van der Waals surface area contributed by atoms with Crippen LogP contribution in [0.15, 0.2) is 71.2 Å². The van der Waals surface area contributed by atoms with Crippen LogP contribution in [0.5, 0.6) is 17.2 Å². The number of phenolic OH excluding ortho intramolecular Hbond substituents is 1. The molecular weight excluding hydrogens is 667 g/mol. The molecular formula is C36H36BrFN4O5. The number of ether oxygens (including phenoxy) is 3. The van der Waals surface area contributed by atoms with E-state index >= 15 is 4.39 Å². The number of nitriles is 1. The van der Waals surface area contributed by atoms with E-state index in [9.17, 15) is 15.2 Å². The maximum Gasteiger partial charge on any atom is 0.407 e. The first kappa shape index (κ1) is 33.5. The highest BCUT2D eigenvalue weighted by atomic mass is 79.9. The lowest BCUT2D eigenvalue weighted by molar-refractivity contribution is 0.0497. The average molecular weight is 704 g/mol. The second-order valence-corrected chi connectivity index (χ2v) is 13.0. The summed E-state index contributed by atoms with van der Waals surface area (Å²) in [6.45, 7) is 6.82. The Morgan fingerprint density at radius 3 is 2.43 bits per heavy atom. The van der Waals surface area contributed by atoms with Gasteiger partial charge in [0.2, 0.25) is 0 Å². The molecule has 0 spiro atoms. The molecule has 0 atom stereocenters. The minimum atomic E-state index is -0.680. The number of nitrogens with zero attached hydrogens (tertiary/aromatic N) is 3. The van der Waals surface area contributed by atoms with Crippen molar-refractivity contribution in [3.63, 3.8) is 0 Å². The highest BCUT2D eigenvalue weighted by Crippen LogP contribution is 2.48. The fourth-order valence-electron chi connectivity index (χ4n) is 5.39. The quantitative estimate of drug-likeness (QED) is 0.190. The lowest BCUT2D eigenvalue weighted by atomic mass is 9.96. The van der Waals surface area contributed by atoms with Crippen molar-refractivity contribution in [2.45, 2.75) is 51.9 Å². The molecule has 0 saturated carbocycles. The van der Waals surface area contributed by atoms with E-state index < -0.39 is 17.5 Å². The Bertz CT molecular complexity index is 1800. The van der Waals surface area contributed by atoms with Gasteiger partial charge in [0.1, 0.15) is 40.1 Å². The molecule has 1 aliphatic heterocycles. The SMILES string of the molecule is COc1ccc(-c2c(-c3ccc(C#N)c(F)c3)nc(N3CCC(NC(=O)OC(C)(C)C)CC3)c(Br)c2OCc2ccccc2)cc1O. The molecule has 2 heterocycles. The largest absolute Gasteiger partial charge is 0.504 e. The van der Waals surface area contributed by atoms with Crippen LogP contribution < -0.4 is 19.7 Å². The maximum atomic E-state index is 15.1. The van der Waals surface area contributed by atoms with Crippen LogP contribution in [0.1, 0.15) is 44.7 Å². The fourth-order valence-corrected chi connectivity index (χ4v) is 6.04. The number of carbonyl (C=O) groups excluding carboxylic acids is 1. The molecule has 47 heavy (non-hydrogen) atoms. The van der Waals surface area contributed by atoms with Crippen molar-refractivity contribution in [2.75, 3.05) is 25.1 Å². The Balaban J connectivity index is 1.61. The number of phenols is 1. The number of nitrogens with one attached hydrogen (secondary N) is 1. The fraction of sp³-hybridized carbons (Fsp3) is 0.306. The Morgan fingerprint density at radius 1 is 1.11 bits per heavy atom. The molecule has 0 aliphatic carbocycles. The molecule has 1 aliphatic rings. The van der Waals surface area contributed by atoms with Gasteiger partial charge in [-0.05, 0) is 84.9 Å². The lowest BCUT2D eigenvalue weighted by Crippen LogP contribution is -2.46. The van der Waals surface area contributed by atoms with Crippen LogP contribution in [0.3, 0.4) is 0 Å². The Labute approximate surface area is 282 Å². The zero-order chi connectivity index (χ0) is 33.7. The summed E-state index contributed by atoms with van der Waals surface area (Å²) < 4.78 is 32.9. The predicted molar refractivity (Wildman–Crippen MR) is 181 cm³/mol. The number of benzene rings is 3. The molecule has 5 rings (SSSR count). The molecule has 3 aromatic carbocycles. The number of carbonyl (C=O) groups is 1. The molecule has 9 nitrogen and oxygen atoms in total. The van der Waals surface area contributed by atoms with Gasteiger partial charge in [0, 0.05) is 24.7 Å². The highest BCUT2D eigenvalue weighted by molar-refractivity contribution is 9.10. The zero-order valence-electron chi connectivity index (χ0n) is 26.6. The monoisotopic (exact) mass is 702 g/mol. The van der Waals surface area contributed by atoms with Gasteiger partial charge < -0.3 is 29.5 Å². The van der Waals surface area contributed by atoms with Crippen LogP contribution in [0.4, 0.5) is 15.0 Å². The number of halogens is 2. The Kier molecular flexibility index (Phi) is 10.2. The molecule has 244 valence electrons. The smallest absolute Gasteiger partial charge is 0.407 e. The number of piperidine rings is 1. The van der Waals surface area contributed by atoms with Crippen molar-refractivity contribution in [2.24, 2.45) is 0 Å². The van der Waals surface area contributed by atoms with Crippen LogP contribution in [-0.2, 0) is 11.3 Å². The molecule has 11 heteroatoms. The van der Waals surface area contributed by atoms with Gasteiger partial charge in [0.15, 0.2) is 11.5 Å². The second kappa shape index (κ2) is 14.3. The van der Waals surface area contributed by atoms with E-state index in [1.54, 1.807) is 24.3 Å². The summed E-state index contributed by atoms with van der Waals surface area (Å²) in [6, 6.07) is 20.8. The zero-order valence-corrected chi connectivity index (χ0v) is 28.2. The summed E-state index contributed by atoms with van der Waals surface area (Å²) in [5.74, 6) is 0.538. The van der Waals surface area contributed by atoms with E-state index in [4.69, 9.17) is 19.2 Å². The number of hydrogen-bond donors (Lipinski definition) is 2. The minimum Gasteiger partial charge on any atom is -0.504 e. The molecule has 0 bridgehead atoms. The van der Waals surface area contributed by atoms with E-state index in [2.05, 4.69) is 26.1 Å². The molecule has 2 N–H and O–H groups in total. The van der Waals surface area contributed by atoms with Crippen molar-refractivity contribution >= 4 is 27.8 Å². The summed E-state index contributed by atoms with van der Waals surface area (Å²) in [5, 5.41) is 23.1. The third-order valence-electron chi connectivity index (χ3n) is 7.65. The van der Waals surface area contributed by atoms with Crippen LogP contribution in [0.25, 0.3) is 22.4 Å². The molecule has 1 fully saturated rings. The van der Waals surface area contributed by atoms with Crippen molar-refractivity contribution < 1.29 is 28.5 Å². The highest BCUT2D eigenvalue weighted by Gasteiger charge is 2.30. The topological polar surface area (TPSA) is 117 Å². The molecule has 0 radical (unpaired) electrons. The van der Waals surface area contributed by atoms with Gasteiger partial charge >= 0.3 is 6.09 Å². The van der Waals surface area contributed by atoms with Crippen LogP contribution in [0.2, 0.25) is 0 Å². The van der Waals surface area contributed by atoms with Gasteiger partial charge in [0.25, 0.3) is 0 Å². The van der Waals surface area contributed by atoms with Crippen molar-refractivity contribution in [3.05, 3.63) is 88.1 Å². The second-order valence-electron chi connectivity index (χ2n) is 12.2.